The molecule has 0 aliphatic carbocycles. The van der Waals surface area contributed by atoms with Crippen molar-refractivity contribution in [1.29, 1.82) is 0 Å². The Bertz CT molecular complexity index is 839. The lowest BCUT2D eigenvalue weighted by molar-refractivity contribution is -0.157. The normalized spacial score (nSPS) is 16.3. The summed E-state index contributed by atoms with van der Waals surface area (Å²) in [5, 5.41) is 3.34. The summed E-state index contributed by atoms with van der Waals surface area (Å²) in [7, 11) is 3.21. The van der Waals surface area contributed by atoms with Crippen molar-refractivity contribution >= 4 is 11.5 Å². The maximum absolute atomic E-state index is 12.8. The molecule has 28 heavy (non-hydrogen) atoms. The lowest BCUT2D eigenvalue weighted by atomic mass is 9.85. The van der Waals surface area contributed by atoms with E-state index in [1.165, 1.54) is 6.08 Å². The van der Waals surface area contributed by atoms with Crippen LogP contribution in [0.15, 0.2) is 54.6 Å². The average Bonchev–Trinajstić information content (AvgIpc) is 2.74. The van der Waals surface area contributed by atoms with E-state index < -0.39 is 5.60 Å². The number of benzene rings is 2. The molecule has 0 amide bonds. The Balaban J connectivity index is 1.85. The summed E-state index contributed by atoms with van der Waals surface area (Å²) in [5.41, 5.74) is 2.06. The predicted octanol–water partition coefficient (Wildman–Crippen LogP) is 3.93. The van der Waals surface area contributed by atoms with Crippen LogP contribution in [-0.2, 0) is 15.1 Å². The number of hydrogen-bond acceptors (Lipinski definition) is 5. The first kappa shape index (κ1) is 20.0. The monoisotopic (exact) mass is 381 g/mol. The summed E-state index contributed by atoms with van der Waals surface area (Å²) < 4.78 is 16.7. The van der Waals surface area contributed by atoms with Gasteiger partial charge in [-0.15, -0.1) is 0 Å². The fourth-order valence-electron chi connectivity index (χ4n) is 3.62. The summed E-state index contributed by atoms with van der Waals surface area (Å²) in [5.74, 6) is 1.01. The molecule has 1 aliphatic rings. The summed E-state index contributed by atoms with van der Waals surface area (Å²) in [6.45, 7) is 3.51. The van der Waals surface area contributed by atoms with Gasteiger partial charge in [0.15, 0.2) is 0 Å². The van der Waals surface area contributed by atoms with Crippen molar-refractivity contribution in [1.82, 2.24) is 5.32 Å². The third-order valence-corrected chi connectivity index (χ3v) is 5.17. The maximum atomic E-state index is 12.8. The van der Waals surface area contributed by atoms with Crippen molar-refractivity contribution in [3.63, 3.8) is 0 Å². The SMILES string of the molecule is COc1ccc(/C(C)=C/C(=O)OC2(c3ccccc3)CCNCC2)c(OC)c1. The van der Waals surface area contributed by atoms with E-state index >= 15 is 0 Å². The van der Waals surface area contributed by atoms with Crippen molar-refractivity contribution in [2.24, 2.45) is 0 Å². The Morgan fingerprint density at radius 3 is 2.39 bits per heavy atom. The Morgan fingerprint density at radius 1 is 1.04 bits per heavy atom. The zero-order valence-electron chi connectivity index (χ0n) is 16.7. The van der Waals surface area contributed by atoms with Crippen LogP contribution in [0.25, 0.3) is 5.57 Å². The fraction of sp³-hybridized carbons (Fsp3) is 0.348. The van der Waals surface area contributed by atoms with Crippen molar-refractivity contribution < 1.29 is 19.0 Å². The number of carbonyl (C=O) groups is 1. The Kier molecular flexibility index (Phi) is 6.37. The van der Waals surface area contributed by atoms with Gasteiger partial charge in [0.25, 0.3) is 0 Å². The molecule has 1 aliphatic heterocycles. The van der Waals surface area contributed by atoms with Gasteiger partial charge in [-0.1, -0.05) is 30.3 Å². The molecule has 1 N–H and O–H groups in total. The molecular formula is C23H27NO4. The maximum Gasteiger partial charge on any atom is 0.331 e. The van der Waals surface area contributed by atoms with E-state index in [0.29, 0.717) is 11.5 Å². The molecular weight excluding hydrogens is 354 g/mol. The van der Waals surface area contributed by atoms with E-state index in [-0.39, 0.29) is 5.97 Å². The molecule has 5 heteroatoms. The van der Waals surface area contributed by atoms with Crippen LogP contribution in [0, 0.1) is 0 Å². The summed E-state index contributed by atoms with van der Waals surface area (Å²) in [4.78, 5) is 12.8. The van der Waals surface area contributed by atoms with Gasteiger partial charge in [0.1, 0.15) is 17.1 Å². The second-order valence-electron chi connectivity index (χ2n) is 6.92. The summed E-state index contributed by atoms with van der Waals surface area (Å²) >= 11 is 0. The molecule has 0 spiro atoms. The number of hydrogen-bond donors (Lipinski definition) is 1. The molecule has 1 fully saturated rings. The Labute approximate surface area is 166 Å². The van der Waals surface area contributed by atoms with Gasteiger partial charge in [0, 0.05) is 30.5 Å². The second-order valence-corrected chi connectivity index (χ2v) is 6.92. The lowest BCUT2D eigenvalue weighted by Crippen LogP contribution is -2.42. The van der Waals surface area contributed by atoms with Crippen LogP contribution in [0.5, 0.6) is 11.5 Å². The van der Waals surface area contributed by atoms with Crippen molar-refractivity contribution in [2.45, 2.75) is 25.4 Å². The van der Waals surface area contributed by atoms with Crippen LogP contribution in [0.4, 0.5) is 0 Å². The zero-order valence-corrected chi connectivity index (χ0v) is 16.7. The molecule has 0 unspecified atom stereocenters. The van der Waals surface area contributed by atoms with Crippen LogP contribution in [-0.4, -0.2) is 33.3 Å². The molecule has 1 heterocycles. The van der Waals surface area contributed by atoms with E-state index in [9.17, 15) is 4.79 Å². The molecule has 2 aromatic carbocycles. The molecule has 1 saturated heterocycles. The van der Waals surface area contributed by atoms with Crippen molar-refractivity contribution in [3.05, 3.63) is 65.7 Å². The Hall–Kier alpha value is -2.79. The zero-order chi connectivity index (χ0) is 20.0. The number of esters is 1. The van der Waals surface area contributed by atoms with Crippen LogP contribution in [0.2, 0.25) is 0 Å². The van der Waals surface area contributed by atoms with Gasteiger partial charge >= 0.3 is 5.97 Å². The first-order chi connectivity index (χ1) is 13.6. The van der Waals surface area contributed by atoms with Crippen molar-refractivity contribution in [2.75, 3.05) is 27.3 Å². The highest BCUT2D eigenvalue weighted by atomic mass is 16.6. The van der Waals surface area contributed by atoms with E-state index in [2.05, 4.69) is 5.32 Å². The minimum Gasteiger partial charge on any atom is -0.497 e. The number of piperidine rings is 1. The van der Waals surface area contributed by atoms with E-state index in [4.69, 9.17) is 14.2 Å². The van der Waals surface area contributed by atoms with Gasteiger partial charge in [0.2, 0.25) is 0 Å². The number of rotatable bonds is 6. The molecule has 5 nitrogen and oxygen atoms in total. The van der Waals surface area contributed by atoms with Gasteiger partial charge in [-0.05, 0) is 43.3 Å². The molecule has 2 aromatic rings. The third-order valence-electron chi connectivity index (χ3n) is 5.17. The minimum absolute atomic E-state index is 0.346. The first-order valence-corrected chi connectivity index (χ1v) is 9.48. The second kappa shape index (κ2) is 8.93. The standard InChI is InChI=1S/C23H27NO4/c1-17(20-10-9-19(26-2)16-21(20)27-3)15-22(25)28-23(11-13-24-14-12-23)18-7-5-4-6-8-18/h4-10,15-16,24H,11-14H2,1-3H3/b17-15+. The number of methoxy groups -OCH3 is 2. The van der Waals surface area contributed by atoms with Gasteiger partial charge in [-0.25, -0.2) is 4.79 Å². The Morgan fingerprint density at radius 2 is 1.75 bits per heavy atom. The van der Waals surface area contributed by atoms with Crippen LogP contribution >= 0.6 is 0 Å². The highest BCUT2D eigenvalue weighted by Crippen LogP contribution is 2.36. The first-order valence-electron chi connectivity index (χ1n) is 9.48. The van der Waals surface area contributed by atoms with Crippen LogP contribution < -0.4 is 14.8 Å². The molecule has 0 saturated carbocycles. The number of carbonyl (C=O) groups excluding carboxylic acids is 1. The van der Waals surface area contributed by atoms with E-state index in [0.717, 1.165) is 42.6 Å². The van der Waals surface area contributed by atoms with Gasteiger partial charge in [0.05, 0.1) is 14.2 Å². The molecule has 0 aromatic heterocycles. The van der Waals surface area contributed by atoms with Crippen LogP contribution in [0.1, 0.15) is 30.9 Å². The molecule has 3 rings (SSSR count). The summed E-state index contributed by atoms with van der Waals surface area (Å²) in [6.07, 6.45) is 3.04. The number of nitrogens with one attached hydrogen (secondary N) is 1. The highest BCUT2D eigenvalue weighted by molar-refractivity contribution is 5.92. The topological polar surface area (TPSA) is 56.8 Å². The molecule has 0 bridgehead atoms. The van der Waals surface area contributed by atoms with Gasteiger partial charge in [-0.3, -0.25) is 0 Å². The highest BCUT2D eigenvalue weighted by Gasteiger charge is 2.37. The van der Waals surface area contributed by atoms with Gasteiger partial charge < -0.3 is 19.5 Å². The van der Waals surface area contributed by atoms with Crippen molar-refractivity contribution in [3.8, 4) is 11.5 Å². The lowest BCUT2D eigenvalue weighted by Gasteiger charge is -2.37. The smallest absolute Gasteiger partial charge is 0.331 e. The minimum atomic E-state index is -0.593. The fourth-order valence-corrected chi connectivity index (χ4v) is 3.62. The summed E-state index contributed by atoms with van der Waals surface area (Å²) in [6, 6.07) is 15.5. The quantitative estimate of drug-likeness (QED) is 0.607. The predicted molar refractivity (Wildman–Crippen MR) is 110 cm³/mol. The largest absolute Gasteiger partial charge is 0.497 e. The third kappa shape index (κ3) is 4.37. The molecule has 0 atom stereocenters. The van der Waals surface area contributed by atoms with E-state index in [1.54, 1.807) is 20.3 Å². The average molecular weight is 381 g/mol. The number of ether oxygens (including phenoxy) is 3. The van der Waals surface area contributed by atoms with E-state index in [1.807, 2.05) is 49.4 Å². The molecule has 148 valence electrons. The number of allylic oxidation sites excluding steroid dienone is 1. The van der Waals surface area contributed by atoms with Crippen LogP contribution in [0.3, 0.4) is 0 Å². The molecule has 0 radical (unpaired) electrons. The van der Waals surface area contributed by atoms with Gasteiger partial charge in [-0.2, -0.15) is 0 Å².